The number of carboxylic acid groups (broad SMARTS) is 1. The third-order valence-corrected chi connectivity index (χ3v) is 4.86. The first-order valence-electron chi connectivity index (χ1n) is 9.08. The fourth-order valence-corrected chi connectivity index (χ4v) is 3.40. The van der Waals surface area contributed by atoms with Crippen molar-refractivity contribution in [1.82, 2.24) is 10.2 Å². The molecule has 1 saturated heterocycles. The molecule has 0 radical (unpaired) electrons. The van der Waals surface area contributed by atoms with Crippen LogP contribution in [0.15, 0.2) is 30.3 Å². The van der Waals surface area contributed by atoms with Gasteiger partial charge in [-0.15, -0.1) is 0 Å². The van der Waals surface area contributed by atoms with Crippen LogP contribution in [0.3, 0.4) is 0 Å². The molecule has 150 valence electrons. The number of carboxylic acids is 1. The third kappa shape index (κ3) is 5.95. The third-order valence-electron chi connectivity index (χ3n) is 4.86. The van der Waals surface area contributed by atoms with Gasteiger partial charge in [-0.2, -0.15) is 13.2 Å². The molecule has 2 rings (SSSR count). The lowest BCUT2D eigenvalue weighted by Gasteiger charge is -2.22. The Hall–Kier alpha value is -2.09. The number of nitrogens with one attached hydrogen (secondary N) is 1. The zero-order valence-corrected chi connectivity index (χ0v) is 15.2. The highest BCUT2D eigenvalue weighted by molar-refractivity contribution is 5.85. The minimum Gasteiger partial charge on any atom is -0.480 e. The number of unbranched alkanes of at least 4 members (excludes halogenated alkanes) is 1. The fourth-order valence-electron chi connectivity index (χ4n) is 3.40. The van der Waals surface area contributed by atoms with Crippen LogP contribution in [0.4, 0.5) is 13.2 Å². The summed E-state index contributed by atoms with van der Waals surface area (Å²) in [5.41, 5.74) is 0.867. The Morgan fingerprint density at radius 2 is 1.93 bits per heavy atom. The van der Waals surface area contributed by atoms with E-state index in [1.807, 2.05) is 37.3 Å². The number of likely N-dealkylation sites (tertiary alicyclic amines) is 1. The van der Waals surface area contributed by atoms with Crippen LogP contribution in [0.1, 0.15) is 31.7 Å². The van der Waals surface area contributed by atoms with Gasteiger partial charge in [-0.25, -0.2) is 4.79 Å². The maximum absolute atomic E-state index is 13.5. The second-order valence-electron chi connectivity index (χ2n) is 6.98. The van der Waals surface area contributed by atoms with Crippen molar-refractivity contribution < 1.29 is 27.9 Å². The molecule has 1 aliphatic rings. The van der Waals surface area contributed by atoms with Crippen LogP contribution < -0.4 is 5.32 Å². The van der Waals surface area contributed by atoms with E-state index in [2.05, 4.69) is 5.32 Å². The predicted molar refractivity (Wildman–Crippen MR) is 93.8 cm³/mol. The molecule has 1 fully saturated rings. The number of hydrogen-bond acceptors (Lipinski definition) is 3. The summed E-state index contributed by atoms with van der Waals surface area (Å²) in [6.45, 7) is 1.86. The molecule has 0 aromatic heterocycles. The summed E-state index contributed by atoms with van der Waals surface area (Å²) in [5.74, 6) is -5.17. The first-order chi connectivity index (χ1) is 12.7. The highest BCUT2D eigenvalue weighted by atomic mass is 19.4. The number of aliphatic carboxylic acids is 1. The Bertz CT molecular complexity index is 637. The summed E-state index contributed by atoms with van der Waals surface area (Å²) < 4.78 is 40.4. The van der Waals surface area contributed by atoms with Gasteiger partial charge in [-0.05, 0) is 12.0 Å². The highest BCUT2D eigenvalue weighted by Gasteiger charge is 2.52. The highest BCUT2D eigenvalue weighted by Crippen LogP contribution is 2.38. The molecule has 27 heavy (non-hydrogen) atoms. The monoisotopic (exact) mass is 386 g/mol. The van der Waals surface area contributed by atoms with Crippen molar-refractivity contribution in [1.29, 1.82) is 0 Å². The Morgan fingerprint density at radius 1 is 1.26 bits per heavy atom. The average molecular weight is 386 g/mol. The number of alkyl halides is 3. The molecule has 1 amide bonds. The number of amides is 1. The normalized spacial score (nSPS) is 21.8. The average Bonchev–Trinajstić information content (AvgIpc) is 3.03. The SMILES string of the molecule is CCCCC(NC(=O)[C@@H]1CN(Cc2ccccc2)C[C@H]1C(F)(F)F)C(=O)O. The van der Waals surface area contributed by atoms with Crippen LogP contribution in [-0.2, 0) is 16.1 Å². The number of rotatable bonds is 8. The number of nitrogens with zero attached hydrogens (tertiary/aromatic N) is 1. The summed E-state index contributed by atoms with van der Waals surface area (Å²) in [5, 5.41) is 11.5. The van der Waals surface area contributed by atoms with Crippen molar-refractivity contribution in [3.05, 3.63) is 35.9 Å². The van der Waals surface area contributed by atoms with Gasteiger partial charge < -0.3 is 10.4 Å². The quantitative estimate of drug-likeness (QED) is 0.721. The molecule has 1 aromatic carbocycles. The van der Waals surface area contributed by atoms with Crippen molar-refractivity contribution in [3.63, 3.8) is 0 Å². The van der Waals surface area contributed by atoms with Crippen LogP contribution in [0, 0.1) is 11.8 Å². The van der Waals surface area contributed by atoms with Gasteiger partial charge in [0.15, 0.2) is 0 Å². The van der Waals surface area contributed by atoms with E-state index < -0.39 is 35.9 Å². The second-order valence-corrected chi connectivity index (χ2v) is 6.98. The van der Waals surface area contributed by atoms with Crippen molar-refractivity contribution in [2.24, 2.45) is 11.8 Å². The number of carbonyl (C=O) groups is 2. The van der Waals surface area contributed by atoms with E-state index in [9.17, 15) is 27.9 Å². The molecule has 0 bridgehead atoms. The van der Waals surface area contributed by atoms with Crippen LogP contribution >= 0.6 is 0 Å². The van der Waals surface area contributed by atoms with Crippen LogP contribution in [0.2, 0.25) is 0 Å². The molecule has 5 nitrogen and oxygen atoms in total. The standard InChI is InChI=1S/C19H25F3N2O3/c1-2-3-9-16(18(26)27)23-17(25)14-11-24(12-15(14)19(20,21)22)10-13-7-5-4-6-8-13/h4-8,14-16H,2-3,9-12H2,1H3,(H,23,25)(H,26,27)/t14-,15-,16?/m1/s1. The summed E-state index contributed by atoms with van der Waals surface area (Å²) in [4.78, 5) is 25.4. The maximum Gasteiger partial charge on any atom is 0.393 e. The summed E-state index contributed by atoms with van der Waals surface area (Å²) >= 11 is 0. The smallest absolute Gasteiger partial charge is 0.393 e. The number of hydrogen-bond donors (Lipinski definition) is 2. The molecule has 1 aliphatic heterocycles. The van der Waals surface area contributed by atoms with Gasteiger partial charge in [0.05, 0.1) is 11.8 Å². The van der Waals surface area contributed by atoms with Crippen LogP contribution in [0.5, 0.6) is 0 Å². The minimum atomic E-state index is -4.52. The molecule has 2 N–H and O–H groups in total. The zero-order valence-electron chi connectivity index (χ0n) is 15.2. The van der Waals surface area contributed by atoms with E-state index >= 15 is 0 Å². The maximum atomic E-state index is 13.5. The fraction of sp³-hybridized carbons (Fsp3) is 0.579. The van der Waals surface area contributed by atoms with Crippen LogP contribution in [-0.4, -0.2) is 47.2 Å². The van der Waals surface area contributed by atoms with Crippen molar-refractivity contribution in [2.75, 3.05) is 13.1 Å². The van der Waals surface area contributed by atoms with Gasteiger partial charge in [0, 0.05) is 19.6 Å². The van der Waals surface area contributed by atoms with E-state index in [1.54, 1.807) is 4.90 Å². The molecule has 0 spiro atoms. The zero-order chi connectivity index (χ0) is 20.0. The molecular weight excluding hydrogens is 361 g/mol. The van der Waals surface area contributed by atoms with E-state index in [4.69, 9.17) is 0 Å². The second kappa shape index (κ2) is 9.21. The first-order valence-corrected chi connectivity index (χ1v) is 9.08. The van der Waals surface area contributed by atoms with Gasteiger partial charge in [-0.1, -0.05) is 50.1 Å². The largest absolute Gasteiger partial charge is 0.480 e. The molecule has 0 saturated carbocycles. The Labute approximate surface area is 156 Å². The lowest BCUT2D eigenvalue weighted by molar-refractivity contribution is -0.183. The van der Waals surface area contributed by atoms with Gasteiger partial charge in [0.2, 0.25) is 5.91 Å². The van der Waals surface area contributed by atoms with Gasteiger partial charge in [0.1, 0.15) is 6.04 Å². The van der Waals surface area contributed by atoms with E-state index in [-0.39, 0.29) is 19.5 Å². The summed E-state index contributed by atoms with van der Waals surface area (Å²) in [6, 6.07) is 7.92. The van der Waals surface area contributed by atoms with E-state index in [0.29, 0.717) is 13.0 Å². The molecule has 8 heteroatoms. The number of carbonyl (C=O) groups excluding carboxylic acids is 1. The van der Waals surface area contributed by atoms with Gasteiger partial charge in [-0.3, -0.25) is 9.69 Å². The lowest BCUT2D eigenvalue weighted by Crippen LogP contribution is -2.47. The Morgan fingerprint density at radius 3 is 2.48 bits per heavy atom. The molecular formula is C19H25F3N2O3. The molecule has 1 unspecified atom stereocenters. The number of halogens is 3. The van der Waals surface area contributed by atoms with Crippen LogP contribution in [0.25, 0.3) is 0 Å². The summed E-state index contributed by atoms with van der Waals surface area (Å²) in [7, 11) is 0. The Kier molecular flexibility index (Phi) is 7.24. The summed E-state index contributed by atoms with van der Waals surface area (Å²) in [6.07, 6.45) is -3.01. The number of benzene rings is 1. The van der Waals surface area contributed by atoms with Crippen molar-refractivity contribution in [2.45, 2.75) is 44.9 Å². The van der Waals surface area contributed by atoms with Crippen molar-refractivity contribution >= 4 is 11.9 Å². The molecule has 1 aromatic rings. The van der Waals surface area contributed by atoms with Gasteiger partial charge >= 0.3 is 12.1 Å². The van der Waals surface area contributed by atoms with Crippen molar-refractivity contribution in [3.8, 4) is 0 Å². The minimum absolute atomic E-state index is 0.0506. The topological polar surface area (TPSA) is 69.6 Å². The first kappa shape index (κ1) is 21.2. The van der Waals surface area contributed by atoms with E-state index in [0.717, 1.165) is 12.0 Å². The van der Waals surface area contributed by atoms with Gasteiger partial charge in [0.25, 0.3) is 0 Å². The predicted octanol–water partition coefficient (Wildman–Crippen LogP) is 3.06. The Balaban J connectivity index is 2.09. The molecule has 3 atom stereocenters. The molecule has 1 heterocycles. The van der Waals surface area contributed by atoms with E-state index in [1.165, 1.54) is 0 Å². The lowest BCUT2D eigenvalue weighted by atomic mass is 9.94. The molecule has 0 aliphatic carbocycles.